The maximum atomic E-state index is 11.7. The minimum absolute atomic E-state index is 0.565. The van der Waals surface area contributed by atoms with Crippen LogP contribution in [0, 0.1) is 11.3 Å². The Balaban J connectivity index is 2.11. The summed E-state index contributed by atoms with van der Waals surface area (Å²) in [7, 11) is 0.505. The van der Waals surface area contributed by atoms with Gasteiger partial charge in [-0.1, -0.05) is 6.07 Å². The molecule has 0 saturated heterocycles. The third-order valence-corrected chi connectivity index (χ3v) is 5.16. The SMILES string of the molecule is COc1cc(S(C)=O)ccc1-c1nc2ccc(C(C)(C)C#N)cc2[nH]1. The van der Waals surface area contributed by atoms with Crippen molar-refractivity contribution in [1.29, 1.82) is 5.26 Å². The van der Waals surface area contributed by atoms with E-state index in [0.29, 0.717) is 16.5 Å². The number of H-pyrrole nitrogens is 1. The summed E-state index contributed by atoms with van der Waals surface area (Å²) in [5.74, 6) is 1.29. The number of ether oxygens (including phenoxy) is 1. The van der Waals surface area contributed by atoms with Crippen LogP contribution >= 0.6 is 0 Å². The van der Waals surface area contributed by atoms with Crippen LogP contribution in [0.4, 0.5) is 0 Å². The van der Waals surface area contributed by atoms with Crippen molar-refractivity contribution in [3.05, 3.63) is 42.0 Å². The Labute approximate surface area is 149 Å². The summed E-state index contributed by atoms with van der Waals surface area (Å²) in [5, 5.41) is 9.32. The summed E-state index contributed by atoms with van der Waals surface area (Å²) in [4.78, 5) is 8.62. The Bertz CT molecular complexity index is 1020. The lowest BCUT2D eigenvalue weighted by molar-refractivity contribution is 0.415. The molecule has 0 aliphatic carbocycles. The molecule has 5 nitrogen and oxygen atoms in total. The average molecular weight is 353 g/mol. The highest BCUT2D eigenvalue weighted by Crippen LogP contribution is 2.32. The first-order chi connectivity index (χ1) is 11.9. The lowest BCUT2D eigenvalue weighted by atomic mass is 9.86. The summed E-state index contributed by atoms with van der Waals surface area (Å²) >= 11 is 0. The summed E-state index contributed by atoms with van der Waals surface area (Å²) in [6.07, 6.45) is 1.63. The molecule has 0 radical (unpaired) electrons. The molecule has 0 saturated carbocycles. The second kappa shape index (κ2) is 6.34. The number of aromatic nitrogens is 2. The van der Waals surface area contributed by atoms with Gasteiger partial charge in [0.05, 0.1) is 35.2 Å². The Morgan fingerprint density at radius 2 is 2.00 bits per heavy atom. The number of nitriles is 1. The standard InChI is InChI=1S/C19H19N3O2S/c1-19(2,11-20)12-5-8-15-16(9-12)22-18(21-15)14-7-6-13(25(4)23)10-17(14)24-3/h5-10H,1-4H3,(H,21,22). The molecule has 0 bridgehead atoms. The van der Waals surface area contributed by atoms with Crippen molar-refractivity contribution in [2.24, 2.45) is 0 Å². The number of hydrogen-bond acceptors (Lipinski definition) is 4. The molecule has 3 aromatic rings. The predicted octanol–water partition coefficient (Wildman–Crippen LogP) is 3.78. The molecule has 128 valence electrons. The number of aromatic amines is 1. The van der Waals surface area contributed by atoms with Crippen LogP contribution in [0.2, 0.25) is 0 Å². The molecule has 3 rings (SSSR count). The van der Waals surface area contributed by atoms with E-state index in [4.69, 9.17) is 4.74 Å². The number of nitrogens with one attached hydrogen (secondary N) is 1. The molecular weight excluding hydrogens is 334 g/mol. The third kappa shape index (κ3) is 3.15. The molecule has 0 spiro atoms. The molecule has 0 aliphatic rings. The van der Waals surface area contributed by atoms with Gasteiger partial charge in [0.25, 0.3) is 0 Å². The summed E-state index contributed by atoms with van der Waals surface area (Å²) in [5.41, 5.74) is 2.85. The van der Waals surface area contributed by atoms with Crippen molar-refractivity contribution in [2.45, 2.75) is 24.2 Å². The van der Waals surface area contributed by atoms with E-state index in [9.17, 15) is 9.47 Å². The van der Waals surface area contributed by atoms with Gasteiger partial charge in [-0.3, -0.25) is 4.21 Å². The number of imidazole rings is 1. The molecule has 2 aromatic carbocycles. The van der Waals surface area contributed by atoms with Crippen molar-refractivity contribution < 1.29 is 8.95 Å². The zero-order valence-corrected chi connectivity index (χ0v) is 15.4. The minimum atomic E-state index is -1.08. The maximum absolute atomic E-state index is 11.7. The van der Waals surface area contributed by atoms with Gasteiger partial charge in [-0.2, -0.15) is 5.26 Å². The van der Waals surface area contributed by atoms with Crippen molar-refractivity contribution in [2.75, 3.05) is 13.4 Å². The minimum Gasteiger partial charge on any atom is -0.496 e. The lowest BCUT2D eigenvalue weighted by Gasteiger charge is -2.15. The molecule has 0 aliphatic heterocycles. The van der Waals surface area contributed by atoms with Crippen LogP contribution in [0.3, 0.4) is 0 Å². The highest BCUT2D eigenvalue weighted by atomic mass is 32.2. The van der Waals surface area contributed by atoms with Gasteiger partial charge in [-0.25, -0.2) is 4.98 Å². The Morgan fingerprint density at radius 1 is 1.24 bits per heavy atom. The number of benzene rings is 2. The van der Waals surface area contributed by atoms with Crippen LogP contribution in [0.5, 0.6) is 5.75 Å². The normalized spacial score (nSPS) is 12.8. The van der Waals surface area contributed by atoms with E-state index < -0.39 is 16.2 Å². The van der Waals surface area contributed by atoms with Gasteiger partial charge in [-0.15, -0.1) is 0 Å². The van der Waals surface area contributed by atoms with Gasteiger partial charge >= 0.3 is 0 Å². The largest absolute Gasteiger partial charge is 0.496 e. The number of fused-ring (bicyclic) bond motifs is 1. The molecule has 1 heterocycles. The Kier molecular flexibility index (Phi) is 4.36. The highest BCUT2D eigenvalue weighted by Gasteiger charge is 2.21. The lowest BCUT2D eigenvalue weighted by Crippen LogP contribution is -2.13. The summed E-state index contributed by atoms with van der Waals surface area (Å²) in [6, 6.07) is 13.5. The Morgan fingerprint density at radius 3 is 2.64 bits per heavy atom. The van der Waals surface area contributed by atoms with E-state index in [1.807, 2.05) is 44.2 Å². The number of nitrogens with zero attached hydrogens (tertiary/aromatic N) is 2. The molecule has 1 N–H and O–H groups in total. The first-order valence-corrected chi connectivity index (χ1v) is 9.35. The number of hydrogen-bond donors (Lipinski definition) is 1. The third-order valence-electron chi connectivity index (χ3n) is 4.24. The fourth-order valence-electron chi connectivity index (χ4n) is 2.64. The van der Waals surface area contributed by atoms with Crippen molar-refractivity contribution in [3.8, 4) is 23.2 Å². The second-order valence-electron chi connectivity index (χ2n) is 6.37. The fourth-order valence-corrected chi connectivity index (χ4v) is 3.17. The van der Waals surface area contributed by atoms with E-state index in [2.05, 4.69) is 16.0 Å². The summed E-state index contributed by atoms with van der Waals surface area (Å²) < 4.78 is 17.1. The van der Waals surface area contributed by atoms with Crippen LogP contribution in [-0.2, 0) is 16.2 Å². The van der Waals surface area contributed by atoms with Gasteiger partial charge < -0.3 is 9.72 Å². The van der Waals surface area contributed by atoms with Crippen LogP contribution in [0.1, 0.15) is 19.4 Å². The first-order valence-electron chi connectivity index (χ1n) is 7.79. The number of rotatable bonds is 4. The smallest absolute Gasteiger partial charge is 0.142 e. The molecule has 25 heavy (non-hydrogen) atoms. The van der Waals surface area contributed by atoms with E-state index in [0.717, 1.165) is 22.2 Å². The van der Waals surface area contributed by atoms with Gasteiger partial charge in [0.1, 0.15) is 11.6 Å². The van der Waals surface area contributed by atoms with E-state index in [1.165, 1.54) is 0 Å². The zero-order chi connectivity index (χ0) is 18.2. The van der Waals surface area contributed by atoms with Crippen LogP contribution in [0.25, 0.3) is 22.4 Å². The quantitative estimate of drug-likeness (QED) is 0.774. The zero-order valence-electron chi connectivity index (χ0n) is 14.6. The number of methoxy groups -OCH3 is 1. The van der Waals surface area contributed by atoms with Crippen molar-refractivity contribution >= 4 is 21.8 Å². The Hall–Kier alpha value is -2.65. The first kappa shape index (κ1) is 17.2. The van der Waals surface area contributed by atoms with Gasteiger partial charge in [0.15, 0.2) is 0 Å². The molecule has 0 amide bonds. The highest BCUT2D eigenvalue weighted by molar-refractivity contribution is 7.84. The molecule has 6 heteroatoms. The van der Waals surface area contributed by atoms with Gasteiger partial charge in [-0.05, 0) is 49.7 Å². The van der Waals surface area contributed by atoms with Crippen LogP contribution in [0.15, 0.2) is 41.3 Å². The fraction of sp³-hybridized carbons (Fsp3) is 0.263. The van der Waals surface area contributed by atoms with E-state index in [-0.39, 0.29) is 0 Å². The molecule has 1 unspecified atom stereocenters. The van der Waals surface area contributed by atoms with Crippen molar-refractivity contribution in [1.82, 2.24) is 9.97 Å². The molecule has 1 atom stereocenters. The predicted molar refractivity (Wildman–Crippen MR) is 99.1 cm³/mol. The molecule has 1 aromatic heterocycles. The summed E-state index contributed by atoms with van der Waals surface area (Å²) in [6.45, 7) is 3.77. The van der Waals surface area contributed by atoms with Crippen LogP contribution in [-0.4, -0.2) is 27.5 Å². The average Bonchev–Trinajstić information content (AvgIpc) is 3.03. The topological polar surface area (TPSA) is 78.8 Å². The van der Waals surface area contributed by atoms with Crippen LogP contribution < -0.4 is 4.74 Å². The monoisotopic (exact) mass is 353 g/mol. The van der Waals surface area contributed by atoms with E-state index in [1.54, 1.807) is 19.4 Å². The van der Waals surface area contributed by atoms with Crippen molar-refractivity contribution in [3.63, 3.8) is 0 Å². The molecule has 0 fully saturated rings. The van der Waals surface area contributed by atoms with Gasteiger partial charge in [0.2, 0.25) is 0 Å². The van der Waals surface area contributed by atoms with E-state index >= 15 is 0 Å². The maximum Gasteiger partial charge on any atom is 0.142 e. The second-order valence-corrected chi connectivity index (χ2v) is 7.75. The molecular formula is C19H19N3O2S. The van der Waals surface area contributed by atoms with Gasteiger partial charge in [0, 0.05) is 22.0 Å².